The molecule has 0 saturated heterocycles. The molecular formula is C25H25ClN2O5S. The molecule has 0 aliphatic rings. The summed E-state index contributed by atoms with van der Waals surface area (Å²) in [4.78, 5) is 25.5. The van der Waals surface area contributed by atoms with Crippen molar-refractivity contribution >= 4 is 39.0 Å². The third-order valence-corrected chi connectivity index (χ3v) is 6.57. The highest BCUT2D eigenvalue weighted by Gasteiger charge is 2.17. The predicted octanol–water partition coefficient (Wildman–Crippen LogP) is 4.67. The van der Waals surface area contributed by atoms with Gasteiger partial charge in [0.2, 0.25) is 10.0 Å². The monoisotopic (exact) mass is 500 g/mol. The van der Waals surface area contributed by atoms with Crippen molar-refractivity contribution in [1.29, 1.82) is 0 Å². The number of sulfonamides is 1. The number of amides is 1. The maximum Gasteiger partial charge on any atom is 0.262 e. The number of carbonyl (C=O) groups is 2. The Bertz CT molecular complexity index is 1250. The van der Waals surface area contributed by atoms with E-state index in [0.29, 0.717) is 28.6 Å². The third kappa shape index (κ3) is 6.90. The average molecular weight is 501 g/mol. The van der Waals surface area contributed by atoms with E-state index in [0.717, 1.165) is 12.8 Å². The minimum Gasteiger partial charge on any atom is -0.484 e. The highest BCUT2D eigenvalue weighted by molar-refractivity contribution is 7.89. The number of anilines is 1. The molecule has 3 aromatic rings. The summed E-state index contributed by atoms with van der Waals surface area (Å²) in [6, 6.07) is 19.1. The van der Waals surface area contributed by atoms with Crippen molar-refractivity contribution in [3.8, 4) is 5.75 Å². The van der Waals surface area contributed by atoms with Gasteiger partial charge in [0.05, 0.1) is 10.6 Å². The van der Waals surface area contributed by atoms with Crippen molar-refractivity contribution < 1.29 is 22.7 Å². The molecule has 3 aromatic carbocycles. The van der Waals surface area contributed by atoms with Gasteiger partial charge in [0.25, 0.3) is 5.91 Å². The molecule has 0 heterocycles. The first-order valence-electron chi connectivity index (χ1n) is 10.7. The van der Waals surface area contributed by atoms with E-state index in [1.54, 1.807) is 42.5 Å². The Labute approximate surface area is 204 Å². The van der Waals surface area contributed by atoms with Crippen LogP contribution in [0.2, 0.25) is 5.02 Å². The molecule has 0 aliphatic heterocycles. The fourth-order valence-corrected chi connectivity index (χ4v) is 4.32. The number of hydrogen-bond donors (Lipinski definition) is 2. The average Bonchev–Trinajstić information content (AvgIpc) is 2.84. The molecule has 0 bridgehead atoms. The van der Waals surface area contributed by atoms with Gasteiger partial charge in [-0.3, -0.25) is 9.59 Å². The molecule has 2 N–H and O–H groups in total. The number of ether oxygens (including phenoxy) is 1. The summed E-state index contributed by atoms with van der Waals surface area (Å²) >= 11 is 6.07. The van der Waals surface area contributed by atoms with E-state index >= 15 is 0 Å². The topological polar surface area (TPSA) is 102 Å². The smallest absolute Gasteiger partial charge is 0.262 e. The first kappa shape index (κ1) is 25.4. The summed E-state index contributed by atoms with van der Waals surface area (Å²) < 4.78 is 32.5. The zero-order chi connectivity index (χ0) is 24.6. The Kier molecular flexibility index (Phi) is 8.81. The SMILES string of the molecule is CCCCNS(=O)(=O)c1ccc(OCC(=O)Nc2ccc(Cl)cc2C(=O)c2ccccc2)cc1. The summed E-state index contributed by atoms with van der Waals surface area (Å²) in [6.45, 7) is 2.02. The lowest BCUT2D eigenvalue weighted by Crippen LogP contribution is -2.24. The lowest BCUT2D eigenvalue weighted by molar-refractivity contribution is -0.118. The molecular weight excluding hydrogens is 476 g/mol. The van der Waals surface area contributed by atoms with Crippen LogP contribution in [0.25, 0.3) is 0 Å². The number of rotatable bonds is 11. The molecule has 1 amide bonds. The van der Waals surface area contributed by atoms with Gasteiger partial charge in [0, 0.05) is 22.7 Å². The van der Waals surface area contributed by atoms with E-state index in [2.05, 4.69) is 10.0 Å². The highest BCUT2D eigenvalue weighted by Crippen LogP contribution is 2.24. The van der Waals surface area contributed by atoms with Crippen LogP contribution in [0.5, 0.6) is 5.75 Å². The minimum atomic E-state index is -3.59. The second-order valence-electron chi connectivity index (χ2n) is 7.44. The maximum atomic E-state index is 12.9. The van der Waals surface area contributed by atoms with Gasteiger partial charge < -0.3 is 10.1 Å². The van der Waals surface area contributed by atoms with Crippen LogP contribution in [0.4, 0.5) is 5.69 Å². The molecule has 0 spiro atoms. The van der Waals surface area contributed by atoms with Gasteiger partial charge in [0.1, 0.15) is 5.75 Å². The van der Waals surface area contributed by atoms with Crippen LogP contribution in [-0.2, 0) is 14.8 Å². The summed E-state index contributed by atoms with van der Waals surface area (Å²) in [5.41, 5.74) is 1.04. The van der Waals surface area contributed by atoms with Gasteiger partial charge in [-0.25, -0.2) is 13.1 Å². The normalized spacial score (nSPS) is 11.1. The Hall–Kier alpha value is -3.20. The standard InChI is InChI=1S/C25H25ClN2O5S/c1-2-3-15-27-34(31,32)21-12-10-20(11-13-21)33-17-24(29)28-23-14-9-19(26)16-22(23)25(30)18-7-5-4-6-8-18/h4-14,16,27H,2-3,15,17H2,1H3,(H,28,29). The second kappa shape index (κ2) is 11.8. The van der Waals surface area contributed by atoms with E-state index in [9.17, 15) is 18.0 Å². The third-order valence-electron chi connectivity index (χ3n) is 4.86. The lowest BCUT2D eigenvalue weighted by Gasteiger charge is -2.12. The molecule has 7 nitrogen and oxygen atoms in total. The zero-order valence-electron chi connectivity index (χ0n) is 18.6. The van der Waals surface area contributed by atoms with Crippen LogP contribution >= 0.6 is 11.6 Å². The van der Waals surface area contributed by atoms with Gasteiger partial charge >= 0.3 is 0 Å². The number of hydrogen-bond acceptors (Lipinski definition) is 5. The van der Waals surface area contributed by atoms with Crippen molar-refractivity contribution in [2.24, 2.45) is 0 Å². The van der Waals surface area contributed by atoms with E-state index in [1.807, 2.05) is 6.92 Å². The fourth-order valence-electron chi connectivity index (χ4n) is 3.08. The molecule has 34 heavy (non-hydrogen) atoms. The molecule has 0 aromatic heterocycles. The summed E-state index contributed by atoms with van der Waals surface area (Å²) in [5.74, 6) is -0.426. The molecule has 0 fully saturated rings. The van der Waals surface area contributed by atoms with E-state index < -0.39 is 15.9 Å². The maximum absolute atomic E-state index is 12.9. The second-order valence-corrected chi connectivity index (χ2v) is 9.65. The quantitative estimate of drug-likeness (QED) is 0.294. The van der Waals surface area contributed by atoms with Crippen LogP contribution in [0.15, 0.2) is 77.7 Å². The molecule has 0 radical (unpaired) electrons. The van der Waals surface area contributed by atoms with Gasteiger partial charge in [0.15, 0.2) is 12.4 Å². The van der Waals surface area contributed by atoms with Gasteiger partial charge in [-0.1, -0.05) is 55.3 Å². The molecule has 3 rings (SSSR count). The van der Waals surface area contributed by atoms with Crippen LogP contribution in [-0.4, -0.2) is 33.3 Å². The summed E-state index contributed by atoms with van der Waals surface area (Å²) in [5, 5.41) is 3.04. The largest absolute Gasteiger partial charge is 0.484 e. The molecule has 0 unspecified atom stereocenters. The van der Waals surface area contributed by atoms with Crippen molar-refractivity contribution in [2.45, 2.75) is 24.7 Å². The van der Waals surface area contributed by atoms with E-state index in [4.69, 9.17) is 16.3 Å². The Morgan fingerprint density at radius 3 is 2.35 bits per heavy atom. The Morgan fingerprint density at radius 1 is 0.971 bits per heavy atom. The highest BCUT2D eigenvalue weighted by atomic mass is 35.5. The minimum absolute atomic E-state index is 0.116. The molecule has 178 valence electrons. The fraction of sp³-hybridized carbons (Fsp3) is 0.200. The Morgan fingerprint density at radius 2 is 1.68 bits per heavy atom. The number of nitrogens with one attached hydrogen (secondary N) is 2. The summed E-state index contributed by atoms with van der Waals surface area (Å²) in [7, 11) is -3.59. The number of halogens is 1. The Balaban J connectivity index is 1.63. The number of unbranched alkanes of at least 4 members (excludes halogenated alkanes) is 1. The van der Waals surface area contributed by atoms with Gasteiger partial charge in [-0.2, -0.15) is 0 Å². The molecule has 9 heteroatoms. The van der Waals surface area contributed by atoms with Crippen LogP contribution in [0.3, 0.4) is 0 Å². The molecule has 0 atom stereocenters. The van der Waals surface area contributed by atoms with Gasteiger partial charge in [-0.05, 0) is 48.9 Å². The number of benzene rings is 3. The predicted molar refractivity (Wildman–Crippen MR) is 132 cm³/mol. The van der Waals surface area contributed by atoms with Crippen LogP contribution in [0.1, 0.15) is 35.7 Å². The van der Waals surface area contributed by atoms with E-state index in [-0.39, 0.29) is 22.8 Å². The van der Waals surface area contributed by atoms with Crippen LogP contribution in [0, 0.1) is 0 Å². The summed E-state index contributed by atoms with van der Waals surface area (Å²) in [6.07, 6.45) is 1.64. The van der Waals surface area contributed by atoms with Gasteiger partial charge in [-0.15, -0.1) is 0 Å². The first-order chi connectivity index (χ1) is 16.3. The van der Waals surface area contributed by atoms with Crippen molar-refractivity contribution in [3.05, 3.63) is 88.9 Å². The zero-order valence-corrected chi connectivity index (χ0v) is 20.2. The van der Waals surface area contributed by atoms with Crippen molar-refractivity contribution in [2.75, 3.05) is 18.5 Å². The first-order valence-corrected chi connectivity index (χ1v) is 12.6. The molecule has 0 aliphatic carbocycles. The lowest BCUT2D eigenvalue weighted by atomic mass is 10.0. The van der Waals surface area contributed by atoms with E-state index in [1.165, 1.54) is 30.3 Å². The number of carbonyl (C=O) groups excluding carboxylic acids is 2. The molecule has 0 saturated carbocycles. The van der Waals surface area contributed by atoms with Crippen LogP contribution < -0.4 is 14.8 Å². The van der Waals surface area contributed by atoms with Crippen molar-refractivity contribution in [1.82, 2.24) is 4.72 Å². The van der Waals surface area contributed by atoms with Crippen molar-refractivity contribution in [3.63, 3.8) is 0 Å². The number of ketones is 1.